The number of benzene rings is 1. The second-order valence-corrected chi connectivity index (χ2v) is 4.22. The lowest BCUT2D eigenvalue weighted by atomic mass is 10.1. The lowest BCUT2D eigenvalue weighted by molar-refractivity contribution is 0.812. The SMILES string of the molecule is Cc1c(N=O)c(-c2ccccc2)nn1-c1cnccn1. The van der Waals surface area contributed by atoms with Gasteiger partial charge in [-0.1, -0.05) is 30.3 Å². The molecule has 0 aliphatic rings. The molecule has 0 aliphatic heterocycles. The Labute approximate surface area is 115 Å². The van der Waals surface area contributed by atoms with Crippen molar-refractivity contribution in [3.8, 4) is 17.1 Å². The highest BCUT2D eigenvalue weighted by atomic mass is 16.3. The summed E-state index contributed by atoms with van der Waals surface area (Å²) in [4.78, 5) is 19.3. The average molecular weight is 265 g/mol. The van der Waals surface area contributed by atoms with E-state index in [4.69, 9.17) is 0 Å². The molecular weight excluding hydrogens is 254 g/mol. The van der Waals surface area contributed by atoms with Crippen LogP contribution in [0.15, 0.2) is 54.1 Å². The Hall–Kier alpha value is -2.89. The van der Waals surface area contributed by atoms with Crippen molar-refractivity contribution in [1.29, 1.82) is 0 Å². The predicted molar refractivity (Wildman–Crippen MR) is 74.8 cm³/mol. The van der Waals surface area contributed by atoms with Crippen LogP contribution in [-0.2, 0) is 0 Å². The van der Waals surface area contributed by atoms with Crippen LogP contribution < -0.4 is 0 Å². The van der Waals surface area contributed by atoms with E-state index in [1.165, 1.54) is 0 Å². The van der Waals surface area contributed by atoms with Gasteiger partial charge in [-0.3, -0.25) is 4.98 Å². The molecule has 0 saturated carbocycles. The van der Waals surface area contributed by atoms with E-state index in [9.17, 15) is 4.91 Å². The first kappa shape index (κ1) is 12.2. The van der Waals surface area contributed by atoms with Crippen LogP contribution in [0.25, 0.3) is 17.1 Å². The maximum Gasteiger partial charge on any atom is 0.172 e. The molecule has 20 heavy (non-hydrogen) atoms. The van der Waals surface area contributed by atoms with Crippen molar-refractivity contribution < 1.29 is 0 Å². The Bertz CT molecular complexity index is 737. The van der Waals surface area contributed by atoms with Gasteiger partial charge in [-0.25, -0.2) is 9.67 Å². The molecular formula is C14H11N5O. The molecule has 0 fully saturated rings. The third kappa shape index (κ3) is 1.97. The summed E-state index contributed by atoms with van der Waals surface area (Å²) in [6, 6.07) is 9.46. The number of aromatic nitrogens is 4. The maximum absolute atomic E-state index is 11.1. The summed E-state index contributed by atoms with van der Waals surface area (Å²) in [7, 11) is 0. The van der Waals surface area contributed by atoms with Crippen molar-refractivity contribution in [2.24, 2.45) is 5.18 Å². The standard InChI is InChI=1S/C14H11N5O/c1-10-13(18-20)14(11-5-3-2-4-6-11)17-19(10)12-9-15-7-8-16-12/h2-9H,1H3. The van der Waals surface area contributed by atoms with Gasteiger partial charge < -0.3 is 0 Å². The zero-order valence-electron chi connectivity index (χ0n) is 10.8. The van der Waals surface area contributed by atoms with Crippen LogP contribution in [0.3, 0.4) is 0 Å². The zero-order chi connectivity index (χ0) is 13.9. The molecule has 98 valence electrons. The fraction of sp³-hybridized carbons (Fsp3) is 0.0714. The van der Waals surface area contributed by atoms with Crippen LogP contribution in [0.1, 0.15) is 5.69 Å². The zero-order valence-corrected chi connectivity index (χ0v) is 10.8. The molecule has 0 radical (unpaired) electrons. The van der Waals surface area contributed by atoms with Gasteiger partial charge >= 0.3 is 0 Å². The van der Waals surface area contributed by atoms with Crippen LogP contribution in [0, 0.1) is 11.8 Å². The Morgan fingerprint density at radius 2 is 1.95 bits per heavy atom. The van der Waals surface area contributed by atoms with E-state index in [-0.39, 0.29) is 0 Å². The molecule has 0 unspecified atom stereocenters. The minimum absolute atomic E-state index is 0.321. The Kier molecular flexibility index (Phi) is 3.04. The molecule has 0 N–H and O–H groups in total. The van der Waals surface area contributed by atoms with Gasteiger partial charge in [-0.2, -0.15) is 5.10 Å². The van der Waals surface area contributed by atoms with E-state index in [0.717, 1.165) is 5.56 Å². The Balaban J connectivity index is 2.21. The van der Waals surface area contributed by atoms with Crippen molar-refractivity contribution in [2.45, 2.75) is 6.92 Å². The fourth-order valence-corrected chi connectivity index (χ4v) is 2.02. The third-order valence-corrected chi connectivity index (χ3v) is 2.99. The molecule has 0 amide bonds. The van der Waals surface area contributed by atoms with Crippen LogP contribution in [0.4, 0.5) is 5.69 Å². The first-order chi connectivity index (χ1) is 9.81. The second kappa shape index (κ2) is 5.00. The topological polar surface area (TPSA) is 73.0 Å². The molecule has 0 atom stereocenters. The van der Waals surface area contributed by atoms with E-state index in [2.05, 4.69) is 20.2 Å². The number of nitrogens with zero attached hydrogens (tertiary/aromatic N) is 5. The quantitative estimate of drug-likeness (QED) is 0.682. The fourth-order valence-electron chi connectivity index (χ4n) is 2.02. The van der Waals surface area contributed by atoms with Crippen molar-refractivity contribution in [2.75, 3.05) is 0 Å². The highest BCUT2D eigenvalue weighted by molar-refractivity contribution is 5.74. The summed E-state index contributed by atoms with van der Waals surface area (Å²) in [5.74, 6) is 0.553. The van der Waals surface area contributed by atoms with Crippen LogP contribution in [0.5, 0.6) is 0 Å². The van der Waals surface area contributed by atoms with Crippen molar-refractivity contribution >= 4 is 5.69 Å². The number of nitroso groups, excluding NO2 is 1. The number of hydrogen-bond acceptors (Lipinski definition) is 5. The summed E-state index contributed by atoms with van der Waals surface area (Å²) in [6.07, 6.45) is 4.75. The van der Waals surface area contributed by atoms with Crippen LogP contribution in [0.2, 0.25) is 0 Å². The van der Waals surface area contributed by atoms with Gasteiger partial charge in [0.25, 0.3) is 0 Å². The van der Waals surface area contributed by atoms with Crippen molar-refractivity contribution in [3.63, 3.8) is 0 Å². The van der Waals surface area contributed by atoms with Crippen molar-refractivity contribution in [3.05, 3.63) is 59.5 Å². The minimum atomic E-state index is 0.321. The normalized spacial score (nSPS) is 10.4. The molecule has 2 aromatic heterocycles. The number of hydrogen-bond donors (Lipinski definition) is 0. The van der Waals surface area contributed by atoms with Gasteiger partial charge in [-0.15, -0.1) is 4.91 Å². The smallest absolute Gasteiger partial charge is 0.172 e. The van der Waals surface area contributed by atoms with E-state index >= 15 is 0 Å². The third-order valence-electron chi connectivity index (χ3n) is 2.99. The monoisotopic (exact) mass is 265 g/mol. The Morgan fingerprint density at radius 1 is 1.15 bits per heavy atom. The summed E-state index contributed by atoms with van der Waals surface area (Å²) in [5.41, 5.74) is 2.35. The second-order valence-electron chi connectivity index (χ2n) is 4.22. The molecule has 2 heterocycles. The lowest BCUT2D eigenvalue weighted by Gasteiger charge is -2.00. The minimum Gasteiger partial charge on any atom is -0.259 e. The first-order valence-corrected chi connectivity index (χ1v) is 6.06. The number of rotatable bonds is 3. The average Bonchev–Trinajstić information content (AvgIpc) is 2.86. The highest BCUT2D eigenvalue weighted by Crippen LogP contribution is 2.33. The molecule has 0 aliphatic carbocycles. The van der Waals surface area contributed by atoms with Gasteiger partial charge in [0.15, 0.2) is 11.5 Å². The molecule has 6 heteroatoms. The molecule has 0 saturated heterocycles. The van der Waals surface area contributed by atoms with Gasteiger partial charge in [0.05, 0.1) is 11.9 Å². The largest absolute Gasteiger partial charge is 0.259 e. The van der Waals surface area contributed by atoms with E-state index < -0.39 is 0 Å². The summed E-state index contributed by atoms with van der Waals surface area (Å²) < 4.78 is 1.58. The molecule has 0 spiro atoms. The van der Waals surface area contributed by atoms with E-state index in [1.54, 1.807) is 30.2 Å². The highest BCUT2D eigenvalue weighted by Gasteiger charge is 2.18. The maximum atomic E-state index is 11.1. The van der Waals surface area contributed by atoms with Gasteiger partial charge in [0, 0.05) is 18.0 Å². The predicted octanol–water partition coefficient (Wildman–Crippen LogP) is 3.04. The Morgan fingerprint density at radius 3 is 2.60 bits per heavy atom. The van der Waals surface area contributed by atoms with Crippen LogP contribution >= 0.6 is 0 Å². The molecule has 3 aromatic rings. The van der Waals surface area contributed by atoms with Crippen molar-refractivity contribution in [1.82, 2.24) is 19.7 Å². The van der Waals surface area contributed by atoms with Gasteiger partial charge in [0.2, 0.25) is 0 Å². The summed E-state index contributed by atoms with van der Waals surface area (Å²) in [6.45, 7) is 1.78. The molecule has 3 rings (SSSR count). The molecule has 0 bridgehead atoms. The van der Waals surface area contributed by atoms with E-state index in [0.29, 0.717) is 22.9 Å². The summed E-state index contributed by atoms with van der Waals surface area (Å²) >= 11 is 0. The van der Waals surface area contributed by atoms with Gasteiger partial charge in [0.1, 0.15) is 5.69 Å². The van der Waals surface area contributed by atoms with Crippen LogP contribution in [-0.4, -0.2) is 19.7 Å². The van der Waals surface area contributed by atoms with E-state index in [1.807, 2.05) is 30.3 Å². The van der Waals surface area contributed by atoms with Gasteiger partial charge in [-0.05, 0) is 12.1 Å². The molecule has 1 aromatic carbocycles. The lowest BCUT2D eigenvalue weighted by Crippen LogP contribution is -2.01. The first-order valence-electron chi connectivity index (χ1n) is 6.06. The molecule has 6 nitrogen and oxygen atoms in total. The summed E-state index contributed by atoms with van der Waals surface area (Å²) in [5, 5.41) is 7.55.